The van der Waals surface area contributed by atoms with Crippen molar-refractivity contribution < 1.29 is 19.1 Å². The number of benzene rings is 2. The van der Waals surface area contributed by atoms with Gasteiger partial charge in [-0.2, -0.15) is 0 Å². The molecule has 5 nitrogen and oxygen atoms in total. The highest BCUT2D eigenvalue weighted by Crippen LogP contribution is 2.36. The van der Waals surface area contributed by atoms with E-state index in [2.05, 4.69) is 27.9 Å². The highest BCUT2D eigenvalue weighted by molar-refractivity contribution is 14.1. The molecule has 0 radical (unpaired) electrons. The molecule has 1 fully saturated rings. The van der Waals surface area contributed by atoms with Gasteiger partial charge < -0.3 is 9.47 Å². The molecule has 7 heteroatoms. The van der Waals surface area contributed by atoms with Crippen LogP contribution in [0.4, 0.5) is 4.79 Å². The monoisotopic (exact) mass is 481 g/mol. The number of hydrogen-bond donors (Lipinski definition) is 1. The first kappa shape index (κ1) is 18.8. The van der Waals surface area contributed by atoms with Crippen LogP contribution in [0.25, 0.3) is 6.08 Å². The molecule has 3 rings (SSSR count). The summed E-state index contributed by atoms with van der Waals surface area (Å²) in [6, 6.07) is 11.7. The van der Waals surface area contributed by atoms with Crippen LogP contribution in [0, 0.1) is 10.5 Å². The van der Waals surface area contributed by atoms with Crippen LogP contribution in [0.1, 0.15) is 16.7 Å². The number of methoxy groups -OCH3 is 1. The second-order valence-electron chi connectivity index (χ2n) is 5.60. The van der Waals surface area contributed by atoms with E-state index in [4.69, 9.17) is 9.47 Å². The minimum atomic E-state index is -0.381. The SMILES string of the molecule is COc1cc(/C=C2\SC(=O)NC2=O)cc(I)c1OCc1ccccc1C. The second kappa shape index (κ2) is 8.13. The summed E-state index contributed by atoms with van der Waals surface area (Å²) in [6.07, 6.45) is 1.67. The normalized spacial score (nSPS) is 15.3. The van der Waals surface area contributed by atoms with E-state index in [9.17, 15) is 9.59 Å². The molecule has 2 amide bonds. The van der Waals surface area contributed by atoms with Crippen LogP contribution in [0.2, 0.25) is 0 Å². The minimum absolute atomic E-state index is 0.360. The number of hydrogen-bond acceptors (Lipinski definition) is 5. The molecular weight excluding hydrogens is 465 g/mol. The van der Waals surface area contributed by atoms with E-state index in [0.717, 1.165) is 32.0 Å². The highest BCUT2D eigenvalue weighted by atomic mass is 127. The Hall–Kier alpha value is -2.00. The maximum Gasteiger partial charge on any atom is 0.290 e. The number of halogens is 1. The standard InChI is InChI=1S/C19H16INO4S/c1-11-5-3-4-6-13(11)10-25-17-14(20)7-12(8-15(17)24-2)9-16-18(22)21-19(23)26-16/h3-9H,10H2,1-2H3,(H,21,22,23)/b16-9-. The third-order valence-corrected chi connectivity index (χ3v) is 5.44. The lowest BCUT2D eigenvalue weighted by atomic mass is 10.1. The van der Waals surface area contributed by atoms with Crippen LogP contribution >= 0.6 is 34.4 Å². The molecule has 1 aliphatic heterocycles. The quantitative estimate of drug-likeness (QED) is 0.503. The largest absolute Gasteiger partial charge is 0.493 e. The number of thioether (sulfide) groups is 1. The average Bonchev–Trinajstić information content (AvgIpc) is 2.92. The number of aryl methyl sites for hydroxylation is 1. The summed E-state index contributed by atoms with van der Waals surface area (Å²) in [7, 11) is 1.57. The molecular formula is C19H16INO4S. The second-order valence-corrected chi connectivity index (χ2v) is 7.78. The van der Waals surface area contributed by atoms with Gasteiger partial charge in [-0.1, -0.05) is 24.3 Å². The van der Waals surface area contributed by atoms with Crippen LogP contribution in [-0.4, -0.2) is 18.3 Å². The van der Waals surface area contributed by atoms with Crippen LogP contribution in [0.15, 0.2) is 41.3 Å². The Morgan fingerprint density at radius 2 is 2.00 bits per heavy atom. The summed E-state index contributed by atoms with van der Waals surface area (Å²) >= 11 is 3.06. The van der Waals surface area contributed by atoms with Gasteiger partial charge in [0, 0.05) is 0 Å². The predicted molar refractivity (Wildman–Crippen MR) is 110 cm³/mol. The molecule has 0 aromatic heterocycles. The first-order valence-electron chi connectivity index (χ1n) is 7.77. The summed E-state index contributed by atoms with van der Waals surface area (Å²) in [5, 5.41) is 1.88. The number of amides is 2. The minimum Gasteiger partial charge on any atom is -0.493 e. The molecule has 0 saturated carbocycles. The van der Waals surface area contributed by atoms with Gasteiger partial charge in [0.15, 0.2) is 11.5 Å². The molecule has 1 N–H and O–H groups in total. The van der Waals surface area contributed by atoms with E-state index < -0.39 is 0 Å². The number of imide groups is 1. The molecule has 0 aliphatic carbocycles. The first-order chi connectivity index (χ1) is 12.5. The highest BCUT2D eigenvalue weighted by Gasteiger charge is 2.25. The summed E-state index contributed by atoms with van der Waals surface area (Å²) in [5.74, 6) is 0.846. The lowest BCUT2D eigenvalue weighted by molar-refractivity contribution is -0.115. The number of ether oxygens (including phenoxy) is 2. The molecule has 1 saturated heterocycles. The molecule has 134 valence electrons. The van der Waals surface area contributed by atoms with Gasteiger partial charge in [0.1, 0.15) is 6.61 Å². The van der Waals surface area contributed by atoms with Crippen molar-refractivity contribution in [3.63, 3.8) is 0 Å². The van der Waals surface area contributed by atoms with Crippen molar-refractivity contribution in [2.75, 3.05) is 7.11 Å². The van der Waals surface area contributed by atoms with E-state index >= 15 is 0 Å². The van der Waals surface area contributed by atoms with Crippen LogP contribution < -0.4 is 14.8 Å². The van der Waals surface area contributed by atoms with Gasteiger partial charge in [0.2, 0.25) is 0 Å². The third-order valence-electron chi connectivity index (χ3n) is 3.82. The van der Waals surface area contributed by atoms with E-state index in [1.54, 1.807) is 19.3 Å². The van der Waals surface area contributed by atoms with Gasteiger partial charge in [-0.05, 0) is 76.2 Å². The Morgan fingerprint density at radius 3 is 2.65 bits per heavy atom. The van der Waals surface area contributed by atoms with Gasteiger partial charge in [-0.3, -0.25) is 14.9 Å². The van der Waals surface area contributed by atoms with Gasteiger partial charge in [-0.15, -0.1) is 0 Å². The molecule has 1 heterocycles. The summed E-state index contributed by atoms with van der Waals surface area (Å²) < 4.78 is 12.3. The van der Waals surface area contributed by atoms with Crippen molar-refractivity contribution in [3.05, 3.63) is 61.6 Å². The van der Waals surface area contributed by atoms with Gasteiger partial charge in [0.05, 0.1) is 15.6 Å². The zero-order chi connectivity index (χ0) is 18.7. The Bertz CT molecular complexity index is 910. The number of carbonyl (C=O) groups is 2. The molecule has 0 atom stereocenters. The molecule has 0 bridgehead atoms. The smallest absolute Gasteiger partial charge is 0.290 e. The van der Waals surface area contributed by atoms with Crippen molar-refractivity contribution >= 4 is 51.6 Å². The maximum atomic E-state index is 11.7. The Morgan fingerprint density at radius 1 is 1.23 bits per heavy atom. The van der Waals surface area contributed by atoms with Gasteiger partial charge in [-0.25, -0.2) is 0 Å². The van der Waals surface area contributed by atoms with Crippen LogP contribution in [-0.2, 0) is 11.4 Å². The van der Waals surface area contributed by atoms with Gasteiger partial charge in [0.25, 0.3) is 11.1 Å². The van der Waals surface area contributed by atoms with Gasteiger partial charge >= 0.3 is 0 Å². The zero-order valence-electron chi connectivity index (χ0n) is 14.2. The lowest BCUT2D eigenvalue weighted by Gasteiger charge is -2.14. The van der Waals surface area contributed by atoms with Crippen LogP contribution in [0.5, 0.6) is 11.5 Å². The Kier molecular flexibility index (Phi) is 5.87. The van der Waals surface area contributed by atoms with Crippen molar-refractivity contribution in [1.82, 2.24) is 5.32 Å². The van der Waals surface area contributed by atoms with E-state index in [0.29, 0.717) is 23.0 Å². The molecule has 2 aromatic carbocycles. The Balaban J connectivity index is 1.86. The molecule has 1 aliphatic rings. The van der Waals surface area contributed by atoms with Crippen molar-refractivity contribution in [2.45, 2.75) is 13.5 Å². The lowest BCUT2D eigenvalue weighted by Crippen LogP contribution is -2.17. The Labute approximate surface area is 169 Å². The molecule has 0 spiro atoms. The number of carbonyl (C=O) groups excluding carboxylic acids is 2. The first-order valence-corrected chi connectivity index (χ1v) is 9.67. The fourth-order valence-electron chi connectivity index (χ4n) is 2.46. The predicted octanol–water partition coefficient (Wildman–Crippen LogP) is 4.51. The fraction of sp³-hybridized carbons (Fsp3) is 0.158. The van der Waals surface area contributed by atoms with Crippen molar-refractivity contribution in [2.24, 2.45) is 0 Å². The van der Waals surface area contributed by atoms with E-state index in [-0.39, 0.29) is 11.1 Å². The van der Waals surface area contributed by atoms with Crippen molar-refractivity contribution in [3.8, 4) is 11.5 Å². The van der Waals surface area contributed by atoms with Crippen molar-refractivity contribution in [1.29, 1.82) is 0 Å². The number of rotatable bonds is 5. The van der Waals surface area contributed by atoms with E-state index in [1.807, 2.05) is 37.3 Å². The van der Waals surface area contributed by atoms with Crippen LogP contribution in [0.3, 0.4) is 0 Å². The molecule has 0 unspecified atom stereocenters. The summed E-state index contributed by atoms with van der Waals surface area (Å²) in [6.45, 7) is 2.48. The molecule has 26 heavy (non-hydrogen) atoms. The topological polar surface area (TPSA) is 64.6 Å². The number of nitrogens with one attached hydrogen (secondary N) is 1. The molecule has 2 aromatic rings. The fourth-order valence-corrected chi connectivity index (χ4v) is 3.92. The summed E-state index contributed by atoms with van der Waals surface area (Å²) in [5.41, 5.74) is 3.03. The third kappa shape index (κ3) is 4.21. The maximum absolute atomic E-state index is 11.7. The zero-order valence-corrected chi connectivity index (χ0v) is 17.1. The summed E-state index contributed by atoms with van der Waals surface area (Å²) in [4.78, 5) is 23.4. The van der Waals surface area contributed by atoms with E-state index in [1.165, 1.54) is 0 Å². The average molecular weight is 481 g/mol.